The second-order valence-electron chi connectivity index (χ2n) is 26.9. The van der Waals surface area contributed by atoms with Crippen LogP contribution in [-0.4, -0.2) is 197 Å². The third-order valence-corrected chi connectivity index (χ3v) is 20.1. The zero-order valence-electron chi connectivity index (χ0n) is 60.0. The van der Waals surface area contributed by atoms with Crippen molar-refractivity contribution >= 4 is 91.1 Å². The molecule has 3 aromatic heterocycles. The molecule has 5 aliphatic rings. The fourth-order valence-corrected chi connectivity index (χ4v) is 14.5. The van der Waals surface area contributed by atoms with E-state index in [4.69, 9.17) is 9.47 Å². The van der Waals surface area contributed by atoms with Gasteiger partial charge in [0.1, 0.15) is 34.0 Å². The number of nitro groups is 1. The molecule has 0 bridgehead atoms. The Labute approximate surface area is 613 Å². The number of pyridine rings is 3. The van der Waals surface area contributed by atoms with Crippen LogP contribution in [0.15, 0.2) is 152 Å². The number of nitrogens with zero attached hydrogens (tertiary/aromatic N) is 14. The second-order valence-corrected chi connectivity index (χ2v) is 26.9. The minimum absolute atomic E-state index is 0.00426. The molecule has 550 valence electrons. The number of phenolic OH excluding ortho intramolecular Hbond substituents is 1. The zero-order valence-corrected chi connectivity index (χ0v) is 60.0. The summed E-state index contributed by atoms with van der Waals surface area (Å²) >= 11 is 0. The number of aromatic nitrogens is 3. The second kappa shape index (κ2) is 30.8. The van der Waals surface area contributed by atoms with E-state index in [1.807, 2.05) is 37.2 Å². The zero-order chi connectivity index (χ0) is 75.6. The smallest absolute Gasteiger partial charge is 0.324 e. The molecule has 5 aliphatic heterocycles. The summed E-state index contributed by atoms with van der Waals surface area (Å²) in [6.45, 7) is 7.30. The Balaban J connectivity index is 0.000000142. The predicted molar refractivity (Wildman–Crippen MR) is 396 cm³/mol. The highest BCUT2D eigenvalue weighted by atomic mass is 19.1. The average molecular weight is 1460 g/mol. The molecule has 8 amide bonds. The topological polar surface area (TPSA) is 255 Å². The Morgan fingerprint density at radius 1 is 0.477 bits per heavy atom. The summed E-state index contributed by atoms with van der Waals surface area (Å²) in [5.74, 6) is -1.54. The summed E-state index contributed by atoms with van der Waals surface area (Å²) in [6.07, 6.45) is 4.80. The van der Waals surface area contributed by atoms with Gasteiger partial charge in [0, 0.05) is 176 Å². The molecule has 2 saturated heterocycles. The number of likely N-dealkylation sites (N-methyl/N-ethyl adjacent to an activating group) is 3. The van der Waals surface area contributed by atoms with E-state index < -0.39 is 4.92 Å². The van der Waals surface area contributed by atoms with Gasteiger partial charge in [0.25, 0.3) is 23.4 Å². The molecule has 8 heterocycles. The molecule has 1 N–H and O–H groups in total. The highest BCUT2D eigenvalue weighted by Crippen LogP contribution is 2.48. The van der Waals surface area contributed by atoms with E-state index in [0.29, 0.717) is 117 Å². The number of carbonyl (C=O) groups is 6. The predicted octanol–water partition coefficient (Wildman–Crippen LogP) is 11.0. The van der Waals surface area contributed by atoms with Crippen molar-refractivity contribution in [2.75, 3.05) is 117 Å². The number of methoxy groups -OCH3 is 2. The van der Waals surface area contributed by atoms with Gasteiger partial charge in [-0.1, -0.05) is 48.5 Å². The fraction of sp³-hybridized carbons (Fsp3) is 0.278. The Morgan fingerprint density at radius 3 is 1.17 bits per heavy atom. The van der Waals surface area contributed by atoms with Gasteiger partial charge in [-0.25, -0.2) is 22.8 Å². The van der Waals surface area contributed by atoms with Crippen LogP contribution in [0.3, 0.4) is 0 Å². The van der Waals surface area contributed by atoms with Gasteiger partial charge < -0.3 is 53.8 Å². The molecule has 0 saturated carbocycles. The van der Waals surface area contributed by atoms with Gasteiger partial charge in [-0.05, 0) is 109 Å². The van der Waals surface area contributed by atoms with Crippen molar-refractivity contribution in [2.45, 2.75) is 45.7 Å². The number of ether oxygens (including phenoxy) is 2. The summed E-state index contributed by atoms with van der Waals surface area (Å²) in [5.41, 5.74) is 8.88. The molecule has 0 spiro atoms. The first-order valence-electron chi connectivity index (χ1n) is 34.6. The highest BCUT2D eigenvalue weighted by Gasteiger charge is 2.42. The van der Waals surface area contributed by atoms with E-state index in [0.717, 1.165) is 53.8 Å². The number of carbonyl (C=O) groups excluding carboxylic acids is 6. The Morgan fingerprint density at radius 2 is 0.804 bits per heavy atom. The number of piperazine rings is 2. The summed E-state index contributed by atoms with van der Waals surface area (Å²) < 4.78 is 51.5. The van der Waals surface area contributed by atoms with Crippen LogP contribution in [0.2, 0.25) is 0 Å². The molecule has 0 atom stereocenters. The molecule has 28 heteroatoms. The molecule has 0 radical (unpaired) electrons. The number of halogens is 3. The quantitative estimate of drug-likeness (QED) is 0.0784. The molecule has 0 unspecified atom stereocenters. The fourth-order valence-electron chi connectivity index (χ4n) is 14.5. The number of phenols is 1. The van der Waals surface area contributed by atoms with E-state index in [1.165, 1.54) is 67.7 Å². The van der Waals surface area contributed by atoms with Crippen LogP contribution in [0, 0.1) is 27.6 Å². The lowest BCUT2D eigenvalue weighted by atomic mass is 9.99. The molecule has 15 rings (SSSR count). The first-order chi connectivity index (χ1) is 51.5. The Hall–Kier alpha value is -12.3. The van der Waals surface area contributed by atoms with E-state index >= 15 is 0 Å². The average Bonchev–Trinajstić information content (AvgIpc) is 1.62. The summed E-state index contributed by atoms with van der Waals surface area (Å²) in [5, 5.41) is 24.0. The third kappa shape index (κ3) is 14.6. The van der Waals surface area contributed by atoms with Gasteiger partial charge in [-0.15, -0.1) is 0 Å². The number of rotatable bonds is 14. The molecule has 7 aromatic carbocycles. The van der Waals surface area contributed by atoms with Gasteiger partial charge in [-0.3, -0.25) is 54.0 Å². The number of hydrogen-bond donors (Lipinski definition) is 1. The minimum Gasteiger partial charge on any atom is -0.505 e. The van der Waals surface area contributed by atoms with Crippen molar-refractivity contribution < 1.29 is 61.4 Å². The maximum absolute atomic E-state index is 13.6. The molecular weight excluding hydrogens is 1380 g/mol. The van der Waals surface area contributed by atoms with E-state index in [9.17, 15) is 57.2 Å². The van der Waals surface area contributed by atoms with Crippen LogP contribution in [0.1, 0.15) is 70.0 Å². The van der Waals surface area contributed by atoms with Crippen molar-refractivity contribution in [1.82, 2.24) is 49.3 Å². The monoisotopic (exact) mass is 1450 g/mol. The van der Waals surface area contributed by atoms with Crippen LogP contribution in [-0.2, 0) is 50.5 Å². The Bertz CT molecular complexity index is 5140. The number of benzene rings is 7. The maximum Gasteiger partial charge on any atom is 0.324 e. The van der Waals surface area contributed by atoms with E-state index in [-0.39, 0.29) is 108 Å². The highest BCUT2D eigenvalue weighted by molar-refractivity contribution is 6.17. The van der Waals surface area contributed by atoms with Crippen LogP contribution in [0.4, 0.5) is 45.5 Å². The summed E-state index contributed by atoms with van der Waals surface area (Å²) in [6, 6.07) is 34.4. The molecular formula is C79H77F3N14O11. The number of hydrogen-bond acceptors (Lipinski definition) is 16. The first-order valence-corrected chi connectivity index (χ1v) is 34.6. The van der Waals surface area contributed by atoms with Gasteiger partial charge in [0.05, 0.1) is 59.3 Å². The SMILES string of the molecule is CN1CCN(C(=O)N(C)c2c3c(c(O)c4ncccc24)C(=O)N(Cc2ccc(F)cc2)C3)CC1.COc1c2c(c(N(C)C(=O)Cc3ccc([N+](=O)[O-])cc3)c3cccnc13)CN(Cc1ccc(F)cc1)C2=O.COc1c2c(c(N(C)C(=O)N3CCN(C)CC3)c3cccnc13)CN(Cc1ccc(F)cc1)C2=O. The molecule has 25 nitrogen and oxygen atoms in total. The van der Waals surface area contributed by atoms with Crippen molar-refractivity contribution in [3.8, 4) is 17.2 Å². The van der Waals surface area contributed by atoms with Crippen LogP contribution >= 0.6 is 0 Å². The van der Waals surface area contributed by atoms with Crippen molar-refractivity contribution in [3.05, 3.63) is 235 Å². The molecule has 107 heavy (non-hydrogen) atoms. The largest absolute Gasteiger partial charge is 0.505 e. The van der Waals surface area contributed by atoms with Gasteiger partial charge in [0.2, 0.25) is 5.91 Å². The lowest BCUT2D eigenvalue weighted by molar-refractivity contribution is -0.384. The van der Waals surface area contributed by atoms with Gasteiger partial charge >= 0.3 is 12.1 Å². The number of non-ortho nitro benzene ring substituents is 1. The minimum atomic E-state index is -0.494. The number of aromatic hydroxyl groups is 1. The number of nitro benzene ring substituents is 1. The summed E-state index contributed by atoms with van der Waals surface area (Å²) in [4.78, 5) is 122. The standard InChI is InChI=1S/C28H23FN4O5.C26H28FN5O3.C25H26FN5O3/c1-31(23(34)14-17-7-11-20(12-8-17)33(36)37)26-21-4-3-13-30-25(21)27(38-2)24-22(26)16-32(28(24)35)15-18-5-9-19(29)10-6-18;1-29-11-13-31(14-12-29)26(34)30(2)23-19-5-4-10-28-22(19)24(35-3)21-20(23)16-32(25(21)33)15-17-6-8-18(27)9-7-17;1-28-10-12-30(13-11-28)25(34)29(2)22-18-4-3-9-27-21(18)23(32)20-19(22)15-31(24(20)33)14-16-5-7-17(26)8-6-16/h3-13H,14-16H2,1-2H3;4-10H,11-16H2,1-3H3;3-9,32H,10-15H2,1-2H3. The molecule has 10 aromatic rings. The van der Waals surface area contributed by atoms with Crippen LogP contribution < -0.4 is 24.2 Å². The summed E-state index contributed by atoms with van der Waals surface area (Å²) in [7, 11) is 12.2. The molecule has 2 fully saturated rings. The molecule has 0 aliphatic carbocycles. The third-order valence-electron chi connectivity index (χ3n) is 20.1. The lowest BCUT2D eigenvalue weighted by Crippen LogP contribution is -2.51. The lowest BCUT2D eigenvalue weighted by Gasteiger charge is -2.35. The Kier molecular flexibility index (Phi) is 21.0. The number of anilines is 3. The number of urea groups is 2. The maximum atomic E-state index is 13.6. The van der Waals surface area contributed by atoms with Crippen molar-refractivity contribution in [3.63, 3.8) is 0 Å². The van der Waals surface area contributed by atoms with Gasteiger partial charge in [-0.2, -0.15) is 0 Å². The van der Waals surface area contributed by atoms with Crippen LogP contribution in [0.5, 0.6) is 17.2 Å². The van der Waals surface area contributed by atoms with Crippen molar-refractivity contribution in [1.29, 1.82) is 0 Å². The first kappa shape index (κ1) is 73.0. The normalized spacial score (nSPS) is 14.9. The van der Waals surface area contributed by atoms with E-state index in [1.54, 1.807) is 136 Å². The van der Waals surface area contributed by atoms with Crippen LogP contribution in [0.25, 0.3) is 32.7 Å². The van der Waals surface area contributed by atoms with Gasteiger partial charge in [0.15, 0.2) is 17.2 Å². The number of fused-ring (bicyclic) bond motifs is 6. The van der Waals surface area contributed by atoms with E-state index in [2.05, 4.69) is 24.8 Å². The van der Waals surface area contributed by atoms with Crippen molar-refractivity contribution in [2.24, 2.45) is 0 Å². The number of amides is 8.